The first kappa shape index (κ1) is 16.4. The quantitative estimate of drug-likeness (QED) is 0.873. The summed E-state index contributed by atoms with van der Waals surface area (Å²) in [6.45, 7) is 0.941. The van der Waals surface area contributed by atoms with E-state index in [1.54, 1.807) is 12.1 Å². The minimum Gasteiger partial charge on any atom is -0.424 e. The smallest absolute Gasteiger partial charge is 0.322 e. The fourth-order valence-electron chi connectivity index (χ4n) is 2.46. The summed E-state index contributed by atoms with van der Waals surface area (Å²) in [6.07, 6.45) is 3.88. The summed E-state index contributed by atoms with van der Waals surface area (Å²) in [4.78, 5) is 20.2. The molecule has 2 heterocycles. The second-order valence-electron chi connectivity index (χ2n) is 5.73. The molecular formula is C17H19N3O4. The van der Waals surface area contributed by atoms with Crippen LogP contribution in [0.15, 0.2) is 42.7 Å². The molecule has 1 saturated heterocycles. The highest BCUT2D eigenvalue weighted by Gasteiger charge is 2.32. The van der Waals surface area contributed by atoms with Gasteiger partial charge in [0.2, 0.25) is 5.91 Å². The number of rotatable bonds is 5. The van der Waals surface area contributed by atoms with Crippen LogP contribution in [0.25, 0.3) is 0 Å². The van der Waals surface area contributed by atoms with Crippen LogP contribution in [0.5, 0.6) is 11.8 Å². The van der Waals surface area contributed by atoms with E-state index in [9.17, 15) is 9.90 Å². The summed E-state index contributed by atoms with van der Waals surface area (Å²) in [6, 6.07) is 9.39. The van der Waals surface area contributed by atoms with Gasteiger partial charge in [0.25, 0.3) is 0 Å². The molecule has 1 aliphatic heterocycles. The van der Waals surface area contributed by atoms with E-state index in [1.165, 1.54) is 12.4 Å². The zero-order chi connectivity index (χ0) is 16.8. The van der Waals surface area contributed by atoms with Gasteiger partial charge in [-0.15, -0.1) is 0 Å². The van der Waals surface area contributed by atoms with Crippen molar-refractivity contribution in [3.05, 3.63) is 42.7 Å². The maximum absolute atomic E-state index is 12.1. The van der Waals surface area contributed by atoms with Gasteiger partial charge >= 0.3 is 6.01 Å². The highest BCUT2D eigenvalue weighted by Crippen LogP contribution is 2.24. The first-order valence-electron chi connectivity index (χ1n) is 7.78. The van der Waals surface area contributed by atoms with Crippen LogP contribution in [0.3, 0.4) is 0 Å². The van der Waals surface area contributed by atoms with Crippen molar-refractivity contribution in [3.63, 3.8) is 0 Å². The molecule has 0 radical (unpaired) electrons. The van der Waals surface area contributed by atoms with Gasteiger partial charge in [-0.25, -0.2) is 9.97 Å². The predicted octanol–water partition coefficient (Wildman–Crippen LogP) is 2.14. The number of para-hydroxylation sites is 1. The first-order valence-corrected chi connectivity index (χ1v) is 7.78. The van der Waals surface area contributed by atoms with Crippen molar-refractivity contribution >= 4 is 11.6 Å². The third-order valence-electron chi connectivity index (χ3n) is 3.78. The molecule has 0 unspecified atom stereocenters. The number of anilines is 1. The van der Waals surface area contributed by atoms with Crippen LogP contribution in [0, 0.1) is 0 Å². The van der Waals surface area contributed by atoms with Crippen LogP contribution in [0.1, 0.15) is 19.3 Å². The molecule has 0 saturated carbocycles. The van der Waals surface area contributed by atoms with Crippen LogP contribution >= 0.6 is 0 Å². The average Bonchev–Trinajstić information content (AvgIpc) is 2.58. The van der Waals surface area contributed by atoms with Crippen LogP contribution < -0.4 is 10.1 Å². The molecular weight excluding hydrogens is 310 g/mol. The van der Waals surface area contributed by atoms with Crippen LogP contribution in [0.2, 0.25) is 0 Å². The summed E-state index contributed by atoms with van der Waals surface area (Å²) in [5, 5.41) is 13.0. The van der Waals surface area contributed by atoms with Gasteiger partial charge in [-0.3, -0.25) is 4.79 Å². The molecule has 2 aromatic rings. The SMILES string of the molecule is O=C(CC1(O)CCOCC1)Nc1cnc(Oc2ccccc2)nc1. The van der Waals surface area contributed by atoms with Crippen molar-refractivity contribution in [1.29, 1.82) is 0 Å². The molecule has 0 bridgehead atoms. The second kappa shape index (κ2) is 7.37. The third kappa shape index (κ3) is 4.50. The average molecular weight is 329 g/mol. The van der Waals surface area contributed by atoms with Crippen LogP contribution in [-0.4, -0.2) is 39.8 Å². The molecule has 1 fully saturated rings. The fraction of sp³-hybridized carbons (Fsp3) is 0.353. The standard InChI is InChI=1S/C17H19N3O4/c21-15(10-17(22)6-8-23-9-7-17)20-13-11-18-16(19-12-13)24-14-4-2-1-3-5-14/h1-5,11-12,22H,6-10H2,(H,20,21). The van der Waals surface area contributed by atoms with E-state index in [2.05, 4.69) is 15.3 Å². The van der Waals surface area contributed by atoms with E-state index in [0.717, 1.165) is 0 Å². The summed E-state index contributed by atoms with van der Waals surface area (Å²) in [7, 11) is 0. The second-order valence-corrected chi connectivity index (χ2v) is 5.73. The number of hydrogen-bond donors (Lipinski definition) is 2. The lowest BCUT2D eigenvalue weighted by molar-refractivity contribution is -0.126. The van der Waals surface area contributed by atoms with Gasteiger partial charge < -0.3 is 19.9 Å². The molecule has 0 spiro atoms. The molecule has 7 heteroatoms. The Morgan fingerprint density at radius 1 is 1.21 bits per heavy atom. The number of aromatic nitrogens is 2. The number of ether oxygens (including phenoxy) is 2. The number of nitrogens with zero attached hydrogens (tertiary/aromatic N) is 2. The molecule has 1 amide bonds. The molecule has 126 valence electrons. The van der Waals surface area contributed by atoms with Gasteiger partial charge in [-0.1, -0.05) is 18.2 Å². The zero-order valence-corrected chi connectivity index (χ0v) is 13.1. The molecule has 1 aliphatic rings. The molecule has 1 aromatic heterocycles. The lowest BCUT2D eigenvalue weighted by Crippen LogP contribution is -2.39. The van der Waals surface area contributed by atoms with Gasteiger partial charge in [0, 0.05) is 26.1 Å². The van der Waals surface area contributed by atoms with Gasteiger partial charge in [-0.2, -0.15) is 0 Å². The number of hydrogen-bond acceptors (Lipinski definition) is 6. The van der Waals surface area contributed by atoms with Gasteiger partial charge in [-0.05, 0) is 12.1 Å². The van der Waals surface area contributed by atoms with Gasteiger partial charge in [0.1, 0.15) is 5.75 Å². The highest BCUT2D eigenvalue weighted by atomic mass is 16.5. The summed E-state index contributed by atoms with van der Waals surface area (Å²) in [5.41, 5.74) is -0.546. The van der Waals surface area contributed by atoms with E-state index in [4.69, 9.17) is 9.47 Å². The predicted molar refractivity (Wildman–Crippen MR) is 86.8 cm³/mol. The number of aliphatic hydroxyl groups is 1. The van der Waals surface area contributed by atoms with E-state index >= 15 is 0 Å². The minimum absolute atomic E-state index is 0.0264. The monoisotopic (exact) mass is 329 g/mol. The Kier molecular flexibility index (Phi) is 5.02. The van der Waals surface area contributed by atoms with Crippen molar-refractivity contribution in [2.75, 3.05) is 18.5 Å². The number of carbonyl (C=O) groups excluding carboxylic acids is 1. The molecule has 24 heavy (non-hydrogen) atoms. The number of carbonyl (C=O) groups is 1. The highest BCUT2D eigenvalue weighted by molar-refractivity contribution is 5.91. The Labute approximate surface area is 139 Å². The Morgan fingerprint density at radius 2 is 1.88 bits per heavy atom. The Hall–Kier alpha value is -2.51. The molecule has 0 atom stereocenters. The lowest BCUT2D eigenvalue weighted by atomic mass is 9.90. The van der Waals surface area contributed by atoms with Gasteiger partial charge in [0.05, 0.1) is 30.1 Å². The van der Waals surface area contributed by atoms with Crippen molar-refractivity contribution in [3.8, 4) is 11.8 Å². The number of nitrogens with one attached hydrogen (secondary N) is 1. The van der Waals surface area contributed by atoms with Crippen LogP contribution in [0.4, 0.5) is 5.69 Å². The largest absolute Gasteiger partial charge is 0.424 e. The maximum Gasteiger partial charge on any atom is 0.322 e. The minimum atomic E-state index is -1.00. The first-order chi connectivity index (χ1) is 11.6. The summed E-state index contributed by atoms with van der Waals surface area (Å²) < 4.78 is 10.7. The number of benzene rings is 1. The van der Waals surface area contributed by atoms with E-state index in [0.29, 0.717) is 37.5 Å². The lowest BCUT2D eigenvalue weighted by Gasteiger charge is -2.31. The Balaban J connectivity index is 1.54. The van der Waals surface area contributed by atoms with E-state index < -0.39 is 5.60 Å². The fourth-order valence-corrected chi connectivity index (χ4v) is 2.46. The van der Waals surface area contributed by atoms with Crippen molar-refractivity contribution in [2.24, 2.45) is 0 Å². The Morgan fingerprint density at radius 3 is 2.54 bits per heavy atom. The van der Waals surface area contributed by atoms with E-state index in [-0.39, 0.29) is 18.3 Å². The van der Waals surface area contributed by atoms with Crippen molar-refractivity contribution < 1.29 is 19.4 Å². The van der Waals surface area contributed by atoms with E-state index in [1.807, 2.05) is 18.2 Å². The topological polar surface area (TPSA) is 93.6 Å². The normalized spacial score (nSPS) is 16.4. The summed E-state index contributed by atoms with van der Waals surface area (Å²) >= 11 is 0. The molecule has 0 aliphatic carbocycles. The Bertz CT molecular complexity index is 670. The zero-order valence-electron chi connectivity index (χ0n) is 13.1. The summed E-state index contributed by atoms with van der Waals surface area (Å²) in [5.74, 6) is 0.357. The number of amides is 1. The maximum atomic E-state index is 12.1. The molecule has 2 N–H and O–H groups in total. The molecule has 1 aromatic carbocycles. The van der Waals surface area contributed by atoms with Crippen LogP contribution in [-0.2, 0) is 9.53 Å². The molecule has 7 nitrogen and oxygen atoms in total. The third-order valence-corrected chi connectivity index (χ3v) is 3.78. The van der Waals surface area contributed by atoms with Gasteiger partial charge in [0.15, 0.2) is 0 Å². The van der Waals surface area contributed by atoms with Crippen molar-refractivity contribution in [1.82, 2.24) is 9.97 Å². The van der Waals surface area contributed by atoms with Crippen molar-refractivity contribution in [2.45, 2.75) is 24.9 Å². The molecule has 3 rings (SSSR count).